The van der Waals surface area contributed by atoms with Gasteiger partial charge < -0.3 is 25.0 Å². The Morgan fingerprint density at radius 3 is 2.27 bits per heavy atom. The summed E-state index contributed by atoms with van der Waals surface area (Å²) < 4.78 is 109. The number of rotatable bonds is 21. The van der Waals surface area contributed by atoms with Crippen molar-refractivity contribution >= 4 is 59.5 Å². The van der Waals surface area contributed by atoms with Gasteiger partial charge in [-0.05, 0) is 88.5 Å². The highest BCUT2D eigenvalue weighted by atomic mass is 32.2. The number of unbranched alkanes of at least 4 members (excludes halogenated alkanes) is 3. The second-order valence-electron chi connectivity index (χ2n) is 14.2. The number of benzene rings is 2. The van der Waals surface area contributed by atoms with Crippen LogP contribution >= 0.6 is 12.0 Å². The van der Waals surface area contributed by atoms with Gasteiger partial charge in [0, 0.05) is 58.1 Å². The van der Waals surface area contributed by atoms with E-state index in [-0.39, 0.29) is 30.8 Å². The van der Waals surface area contributed by atoms with Gasteiger partial charge in [-0.15, -0.1) is 0 Å². The highest BCUT2D eigenvalue weighted by molar-refractivity contribution is 7.94. The molecule has 2 aliphatic rings. The number of fused-ring (bicyclic) bond motifs is 2. The van der Waals surface area contributed by atoms with Gasteiger partial charge in [0.25, 0.3) is 10.1 Å². The van der Waals surface area contributed by atoms with Crippen molar-refractivity contribution in [2.75, 3.05) is 36.0 Å². The molecule has 15 nitrogen and oxygen atoms in total. The van der Waals surface area contributed by atoms with E-state index in [1.54, 1.807) is 18.2 Å². The van der Waals surface area contributed by atoms with Gasteiger partial charge in [-0.25, -0.2) is 16.8 Å². The molecule has 3 N–H and O–H groups in total. The Morgan fingerprint density at radius 2 is 1.62 bits per heavy atom. The Morgan fingerprint density at radius 1 is 0.891 bits per heavy atom. The first-order valence-corrected chi connectivity index (χ1v) is 23.0. The number of nitrogens with zero attached hydrogens (tertiary/aromatic N) is 2. The van der Waals surface area contributed by atoms with Crippen LogP contribution in [0, 0.1) is 0 Å². The number of anilines is 1. The molecule has 0 saturated carbocycles. The minimum absolute atomic E-state index is 0.0698. The fourth-order valence-corrected chi connectivity index (χ4v) is 9.20. The van der Waals surface area contributed by atoms with Crippen LogP contribution in [0.2, 0.25) is 0 Å². The van der Waals surface area contributed by atoms with Gasteiger partial charge in [0.05, 0.1) is 38.2 Å². The van der Waals surface area contributed by atoms with Gasteiger partial charge in [-0.1, -0.05) is 37.5 Å². The lowest BCUT2D eigenvalue weighted by Gasteiger charge is -2.30. The van der Waals surface area contributed by atoms with Crippen LogP contribution in [0.1, 0.15) is 76.8 Å². The molecular formula is C36H47N3O12S4-2. The van der Waals surface area contributed by atoms with Crippen molar-refractivity contribution in [3.8, 4) is 0 Å². The van der Waals surface area contributed by atoms with Crippen LogP contribution in [-0.4, -0.2) is 80.3 Å². The molecule has 1 atom stereocenters. The first-order chi connectivity index (χ1) is 25.7. The van der Waals surface area contributed by atoms with Crippen molar-refractivity contribution in [2.45, 2.75) is 86.3 Å². The highest BCUT2D eigenvalue weighted by Crippen LogP contribution is 2.52. The normalized spacial score (nSPS) is 19.3. The standard InChI is InChI=1S/C36H49N3O12S4/c1-35(2)29-26-28(55(47,48)49)16-18-31(29)38(21-11-23-53(41,42)43)33(35)13-7-6-8-14-34-36(3,19-9-4-5-10-20-37)30-25-27(52-51-50-40)15-17-32(30)39(34)22-12-24-54(44,45)46/h6-8,13-18,25-26H,4-5,9-12,19-24,37H2,1-3H3,(H3-,40,41,42,43,44,45,46,47,48,49)/p-2. The lowest BCUT2D eigenvalue weighted by Crippen LogP contribution is -2.30. The van der Waals surface area contributed by atoms with Gasteiger partial charge in [-0.3, -0.25) is 9.59 Å². The first kappa shape index (κ1) is 44.8. The lowest BCUT2D eigenvalue weighted by atomic mass is 9.77. The van der Waals surface area contributed by atoms with Gasteiger partial charge in [-0.2, -0.15) is 17.3 Å². The summed E-state index contributed by atoms with van der Waals surface area (Å²) >= 11 is 0.761. The molecule has 0 fully saturated rings. The van der Waals surface area contributed by atoms with Crippen LogP contribution in [0.5, 0.6) is 0 Å². The Hall–Kier alpha value is -2.95. The molecule has 4 rings (SSSR count). The maximum absolute atomic E-state index is 11.9. The summed E-state index contributed by atoms with van der Waals surface area (Å²) in [7, 11) is -13.4. The molecule has 0 spiro atoms. The maximum Gasteiger partial charge on any atom is 0.265 e. The summed E-state index contributed by atoms with van der Waals surface area (Å²) in [4.78, 5) is 2.23. The fraction of sp³-hybridized carbons (Fsp3) is 0.472. The van der Waals surface area contributed by atoms with Crippen molar-refractivity contribution in [1.29, 1.82) is 0 Å². The van der Waals surface area contributed by atoms with Crippen molar-refractivity contribution in [3.63, 3.8) is 0 Å². The smallest absolute Gasteiger partial charge is 0.265 e. The topological polar surface area (TPSA) is 243 Å². The predicted octanol–water partition coefficient (Wildman–Crippen LogP) is 4.09. The van der Waals surface area contributed by atoms with E-state index in [0.717, 1.165) is 54.7 Å². The molecule has 2 aromatic rings. The van der Waals surface area contributed by atoms with E-state index in [1.807, 2.05) is 53.7 Å². The lowest BCUT2D eigenvalue weighted by molar-refractivity contribution is -0.777. The zero-order valence-corrected chi connectivity index (χ0v) is 34.1. The Kier molecular flexibility index (Phi) is 15.1. The zero-order chi connectivity index (χ0) is 40.7. The van der Waals surface area contributed by atoms with Crippen LogP contribution in [0.4, 0.5) is 11.4 Å². The minimum Gasteiger partial charge on any atom is -0.748 e. The van der Waals surface area contributed by atoms with E-state index in [9.17, 15) is 44.2 Å². The quantitative estimate of drug-likeness (QED) is 0.0342. The molecule has 19 heteroatoms. The van der Waals surface area contributed by atoms with E-state index in [0.29, 0.717) is 34.8 Å². The Labute approximate surface area is 327 Å². The second kappa shape index (κ2) is 18.5. The predicted molar refractivity (Wildman–Crippen MR) is 205 cm³/mol. The average molecular weight is 842 g/mol. The molecule has 1 unspecified atom stereocenters. The molecule has 0 aliphatic carbocycles. The molecule has 2 aliphatic heterocycles. The summed E-state index contributed by atoms with van der Waals surface area (Å²) in [5.74, 6) is -1.02. The molecule has 0 aromatic heterocycles. The molecule has 55 heavy (non-hydrogen) atoms. The van der Waals surface area contributed by atoms with E-state index in [2.05, 4.69) is 16.3 Å². The van der Waals surface area contributed by atoms with Crippen LogP contribution in [0.3, 0.4) is 0 Å². The third kappa shape index (κ3) is 11.6. The maximum atomic E-state index is 11.9. The SMILES string of the molecule is CC1(C)C(C=CC=CC=C2N(CCCS(=O)(=O)[O-])c3ccc(SOO[O-])cc3C2(C)CCCCCCN)=[N+](CCCS(=O)(=O)O)c2ccc(S(=O)(=O)[O-])cc21. The average Bonchev–Trinajstić information content (AvgIpc) is 3.44. The third-order valence-electron chi connectivity index (χ3n) is 9.94. The number of allylic oxidation sites excluding steroid dienone is 6. The molecular weight excluding hydrogens is 795 g/mol. The fourth-order valence-electron chi connectivity index (χ4n) is 7.33. The molecule has 0 radical (unpaired) electrons. The number of hydrogen-bond donors (Lipinski definition) is 2. The van der Waals surface area contributed by atoms with Crippen LogP contribution in [0.25, 0.3) is 0 Å². The highest BCUT2D eigenvalue weighted by Gasteiger charge is 2.45. The van der Waals surface area contributed by atoms with Crippen molar-refractivity contribution in [1.82, 2.24) is 0 Å². The van der Waals surface area contributed by atoms with Gasteiger partial charge in [0.1, 0.15) is 16.7 Å². The third-order valence-corrected chi connectivity index (χ3v) is 12.9. The number of hydrogen-bond acceptors (Lipinski definition) is 14. The van der Waals surface area contributed by atoms with Gasteiger partial charge in [0.15, 0.2) is 5.71 Å². The van der Waals surface area contributed by atoms with E-state index in [1.165, 1.54) is 18.2 Å². The Balaban J connectivity index is 1.74. The van der Waals surface area contributed by atoms with Crippen molar-refractivity contribution < 1.29 is 58.1 Å². The second-order valence-corrected chi connectivity index (χ2v) is 19.4. The minimum atomic E-state index is -4.75. The van der Waals surface area contributed by atoms with Crippen molar-refractivity contribution in [2.24, 2.45) is 5.73 Å². The molecule has 0 bridgehead atoms. The molecule has 2 heterocycles. The van der Waals surface area contributed by atoms with E-state index in [4.69, 9.17) is 5.73 Å². The van der Waals surface area contributed by atoms with Crippen LogP contribution < -0.4 is 15.9 Å². The summed E-state index contributed by atoms with van der Waals surface area (Å²) in [6.45, 7) is 6.81. The summed E-state index contributed by atoms with van der Waals surface area (Å²) in [6, 6.07) is 9.56. The zero-order valence-electron chi connectivity index (χ0n) is 30.9. The molecule has 304 valence electrons. The van der Waals surface area contributed by atoms with E-state index >= 15 is 0 Å². The van der Waals surface area contributed by atoms with Crippen LogP contribution in [-0.2, 0) is 50.6 Å². The van der Waals surface area contributed by atoms with Crippen molar-refractivity contribution in [3.05, 3.63) is 83.6 Å². The summed E-state index contributed by atoms with van der Waals surface area (Å²) in [5.41, 5.74) is 8.78. The van der Waals surface area contributed by atoms with E-state index < -0.39 is 52.7 Å². The summed E-state index contributed by atoms with van der Waals surface area (Å²) in [5, 5.41) is 14.1. The van der Waals surface area contributed by atoms with Gasteiger partial charge in [0.2, 0.25) is 5.69 Å². The number of nitrogens with two attached hydrogens (primary N) is 1. The monoisotopic (exact) mass is 841 g/mol. The van der Waals surface area contributed by atoms with Gasteiger partial charge >= 0.3 is 0 Å². The largest absolute Gasteiger partial charge is 0.748 e. The molecule has 0 saturated heterocycles. The first-order valence-electron chi connectivity index (χ1n) is 17.7. The summed E-state index contributed by atoms with van der Waals surface area (Å²) in [6.07, 6.45) is 13.6. The van der Waals surface area contributed by atoms with Crippen LogP contribution in [0.15, 0.2) is 82.3 Å². The molecule has 2 aromatic carbocycles. The molecule has 0 amide bonds. The Bertz CT molecular complexity index is 2170.